The zero-order valence-electron chi connectivity index (χ0n) is 11.7. The van der Waals surface area contributed by atoms with E-state index in [-0.39, 0.29) is 11.6 Å². The van der Waals surface area contributed by atoms with Gasteiger partial charge in [0, 0.05) is 18.7 Å². The van der Waals surface area contributed by atoms with Gasteiger partial charge in [0.05, 0.1) is 18.8 Å². The number of ether oxygens (including phenoxy) is 1. The van der Waals surface area contributed by atoms with E-state index in [9.17, 15) is 13.6 Å². The molecule has 4 nitrogen and oxygen atoms in total. The van der Waals surface area contributed by atoms with Gasteiger partial charge in [-0.1, -0.05) is 6.07 Å². The van der Waals surface area contributed by atoms with Crippen molar-refractivity contribution in [3.05, 3.63) is 35.4 Å². The maximum atomic E-state index is 14.0. The molecule has 1 saturated carbocycles. The average molecular weight is 296 g/mol. The van der Waals surface area contributed by atoms with Crippen LogP contribution < -0.4 is 5.32 Å². The lowest BCUT2D eigenvalue weighted by Crippen LogP contribution is -2.57. The van der Waals surface area contributed by atoms with Crippen LogP contribution >= 0.6 is 0 Å². The number of morpholine rings is 1. The van der Waals surface area contributed by atoms with E-state index in [0.29, 0.717) is 39.1 Å². The summed E-state index contributed by atoms with van der Waals surface area (Å²) in [4.78, 5) is 13.9. The first kappa shape index (κ1) is 14.3. The van der Waals surface area contributed by atoms with E-state index in [1.807, 2.05) is 0 Å². The fraction of sp³-hybridized carbons (Fsp3) is 0.533. The molecule has 1 aromatic rings. The van der Waals surface area contributed by atoms with Gasteiger partial charge in [0.1, 0.15) is 11.6 Å². The molecule has 1 heterocycles. The van der Waals surface area contributed by atoms with Gasteiger partial charge in [0.25, 0.3) is 0 Å². The minimum atomic E-state index is -0.912. The number of amides is 2. The summed E-state index contributed by atoms with van der Waals surface area (Å²) in [7, 11) is 0. The Bertz CT molecular complexity index is 520. The Kier molecular flexibility index (Phi) is 3.80. The Balaban J connectivity index is 1.82. The Morgan fingerprint density at radius 1 is 1.19 bits per heavy atom. The van der Waals surface area contributed by atoms with Crippen molar-refractivity contribution in [3.8, 4) is 0 Å². The number of benzene rings is 1. The number of carbonyl (C=O) groups excluding carboxylic acids is 1. The van der Waals surface area contributed by atoms with E-state index in [4.69, 9.17) is 4.74 Å². The molecule has 1 aliphatic carbocycles. The number of hydrogen-bond donors (Lipinski definition) is 1. The number of carbonyl (C=O) groups is 1. The molecule has 2 amide bonds. The predicted molar refractivity (Wildman–Crippen MR) is 72.8 cm³/mol. The molecule has 1 N–H and O–H groups in total. The first-order valence-electron chi connectivity index (χ1n) is 7.22. The van der Waals surface area contributed by atoms with E-state index < -0.39 is 17.2 Å². The molecular formula is C15H18F2N2O2. The van der Waals surface area contributed by atoms with Crippen molar-refractivity contribution >= 4 is 6.03 Å². The van der Waals surface area contributed by atoms with Crippen LogP contribution in [0.5, 0.6) is 0 Å². The summed E-state index contributed by atoms with van der Waals surface area (Å²) >= 11 is 0. The monoisotopic (exact) mass is 296 g/mol. The molecule has 1 aromatic carbocycles. The number of halogens is 2. The number of urea groups is 1. The summed E-state index contributed by atoms with van der Waals surface area (Å²) in [6.07, 6.45) is 1.96. The third kappa shape index (κ3) is 2.60. The highest BCUT2D eigenvalue weighted by Crippen LogP contribution is 2.43. The van der Waals surface area contributed by atoms with Gasteiger partial charge in [0.2, 0.25) is 0 Å². The molecule has 0 bridgehead atoms. The van der Waals surface area contributed by atoms with Crippen LogP contribution in [0.25, 0.3) is 0 Å². The molecule has 3 rings (SSSR count). The normalized spacial score (nSPS) is 20.8. The number of nitrogens with one attached hydrogen (secondary N) is 1. The second-order valence-electron chi connectivity index (χ2n) is 5.56. The van der Waals surface area contributed by atoms with E-state index in [2.05, 4.69) is 5.32 Å². The Morgan fingerprint density at radius 3 is 2.33 bits per heavy atom. The average Bonchev–Trinajstić information content (AvgIpc) is 2.45. The van der Waals surface area contributed by atoms with Crippen LogP contribution in [0.3, 0.4) is 0 Å². The predicted octanol–water partition coefficient (Wildman–Crippen LogP) is 2.39. The fourth-order valence-corrected chi connectivity index (χ4v) is 2.97. The van der Waals surface area contributed by atoms with E-state index in [1.54, 1.807) is 4.90 Å². The second kappa shape index (κ2) is 5.60. The minimum Gasteiger partial charge on any atom is -0.378 e. The van der Waals surface area contributed by atoms with Gasteiger partial charge in [-0.2, -0.15) is 0 Å². The fourth-order valence-electron chi connectivity index (χ4n) is 2.97. The molecule has 0 unspecified atom stereocenters. The molecule has 0 atom stereocenters. The first-order valence-corrected chi connectivity index (χ1v) is 7.22. The minimum absolute atomic E-state index is 0.0159. The smallest absolute Gasteiger partial charge is 0.318 e. The number of rotatable bonds is 2. The largest absolute Gasteiger partial charge is 0.378 e. The van der Waals surface area contributed by atoms with Gasteiger partial charge < -0.3 is 15.0 Å². The summed E-state index contributed by atoms with van der Waals surface area (Å²) in [5, 5.41) is 2.85. The Morgan fingerprint density at radius 2 is 1.81 bits per heavy atom. The molecule has 0 radical (unpaired) electrons. The van der Waals surface area contributed by atoms with Crippen molar-refractivity contribution in [2.75, 3.05) is 26.3 Å². The summed E-state index contributed by atoms with van der Waals surface area (Å²) in [6, 6.07) is 3.53. The number of nitrogens with zero attached hydrogens (tertiary/aromatic N) is 1. The van der Waals surface area contributed by atoms with Crippen LogP contribution in [0.2, 0.25) is 0 Å². The molecule has 1 aliphatic heterocycles. The third-order valence-corrected chi connectivity index (χ3v) is 4.29. The lowest BCUT2D eigenvalue weighted by atomic mass is 9.71. The summed E-state index contributed by atoms with van der Waals surface area (Å²) in [5.74, 6) is -1.20. The quantitative estimate of drug-likeness (QED) is 0.910. The van der Waals surface area contributed by atoms with E-state index >= 15 is 0 Å². The topological polar surface area (TPSA) is 41.6 Å². The van der Waals surface area contributed by atoms with Crippen molar-refractivity contribution in [1.29, 1.82) is 0 Å². The van der Waals surface area contributed by atoms with Crippen molar-refractivity contribution in [3.63, 3.8) is 0 Å². The highest BCUT2D eigenvalue weighted by molar-refractivity contribution is 5.75. The molecule has 0 aromatic heterocycles. The molecule has 114 valence electrons. The highest BCUT2D eigenvalue weighted by Gasteiger charge is 2.44. The van der Waals surface area contributed by atoms with Gasteiger partial charge in [-0.25, -0.2) is 13.6 Å². The second-order valence-corrected chi connectivity index (χ2v) is 5.56. The molecule has 6 heteroatoms. The van der Waals surface area contributed by atoms with Crippen molar-refractivity contribution < 1.29 is 18.3 Å². The van der Waals surface area contributed by atoms with Crippen molar-refractivity contribution in [1.82, 2.24) is 10.2 Å². The van der Waals surface area contributed by atoms with Gasteiger partial charge in [-0.3, -0.25) is 0 Å². The summed E-state index contributed by atoms with van der Waals surface area (Å²) < 4.78 is 33.3. The molecule has 0 spiro atoms. The van der Waals surface area contributed by atoms with Gasteiger partial charge in [-0.15, -0.1) is 0 Å². The zero-order chi connectivity index (χ0) is 14.9. The van der Waals surface area contributed by atoms with Crippen LogP contribution in [-0.4, -0.2) is 37.2 Å². The Labute approximate surface area is 122 Å². The lowest BCUT2D eigenvalue weighted by Gasteiger charge is -2.44. The maximum Gasteiger partial charge on any atom is 0.318 e. The van der Waals surface area contributed by atoms with Crippen LogP contribution in [0.4, 0.5) is 13.6 Å². The van der Waals surface area contributed by atoms with E-state index in [0.717, 1.165) is 6.42 Å². The molecular weight excluding hydrogens is 278 g/mol. The molecule has 21 heavy (non-hydrogen) atoms. The Hall–Kier alpha value is -1.69. The van der Waals surface area contributed by atoms with Crippen LogP contribution in [0, 0.1) is 11.6 Å². The molecule has 1 saturated heterocycles. The SMILES string of the molecule is O=C(NC1(c2c(F)cccc2F)CCC1)N1CCOCC1. The van der Waals surface area contributed by atoms with Gasteiger partial charge in [0.15, 0.2) is 0 Å². The number of hydrogen-bond acceptors (Lipinski definition) is 2. The third-order valence-electron chi connectivity index (χ3n) is 4.29. The lowest BCUT2D eigenvalue weighted by molar-refractivity contribution is 0.0475. The highest BCUT2D eigenvalue weighted by atomic mass is 19.1. The van der Waals surface area contributed by atoms with Crippen molar-refractivity contribution in [2.45, 2.75) is 24.8 Å². The zero-order valence-corrected chi connectivity index (χ0v) is 11.7. The standard InChI is InChI=1S/C15H18F2N2O2/c16-11-3-1-4-12(17)13(11)15(5-2-6-15)18-14(20)19-7-9-21-10-8-19/h1,3-4H,2,5-10H2,(H,18,20). The molecule has 2 aliphatic rings. The van der Waals surface area contributed by atoms with Crippen LogP contribution in [0.15, 0.2) is 18.2 Å². The van der Waals surface area contributed by atoms with Gasteiger partial charge >= 0.3 is 6.03 Å². The van der Waals surface area contributed by atoms with Crippen molar-refractivity contribution in [2.24, 2.45) is 0 Å². The summed E-state index contributed by atoms with van der Waals surface area (Å²) in [5.41, 5.74) is -0.928. The summed E-state index contributed by atoms with van der Waals surface area (Å²) in [6.45, 7) is 1.99. The van der Waals surface area contributed by atoms with Crippen LogP contribution in [-0.2, 0) is 10.3 Å². The van der Waals surface area contributed by atoms with Crippen LogP contribution in [0.1, 0.15) is 24.8 Å². The van der Waals surface area contributed by atoms with E-state index in [1.165, 1.54) is 18.2 Å². The first-order chi connectivity index (χ1) is 10.1. The maximum absolute atomic E-state index is 14.0. The van der Waals surface area contributed by atoms with Gasteiger partial charge in [-0.05, 0) is 31.4 Å². The molecule has 2 fully saturated rings.